The molecule has 1 heterocycles. The number of nitrogens with zero attached hydrogens (tertiary/aromatic N) is 3. The minimum absolute atomic E-state index is 0.0513. The number of carbonyl (C=O) groups excluding carboxylic acids is 1. The van der Waals surface area contributed by atoms with Crippen molar-refractivity contribution in [3.8, 4) is 0 Å². The minimum Gasteiger partial charge on any atom is -0.352 e. The largest absolute Gasteiger partial charge is 0.442 e. The Morgan fingerprint density at radius 2 is 2.15 bits per heavy atom. The molecule has 1 aromatic rings. The van der Waals surface area contributed by atoms with Gasteiger partial charge in [-0.2, -0.15) is 18.3 Å². The van der Waals surface area contributed by atoms with Crippen LogP contribution in [0.2, 0.25) is 0 Å². The molecule has 0 aliphatic heterocycles. The lowest BCUT2D eigenvalue weighted by Crippen LogP contribution is -2.30. The first-order chi connectivity index (χ1) is 9.20. The molecule has 0 unspecified atom stereocenters. The molecule has 0 radical (unpaired) electrons. The van der Waals surface area contributed by atoms with Gasteiger partial charge in [-0.1, -0.05) is 0 Å². The van der Waals surface area contributed by atoms with E-state index in [-0.39, 0.29) is 11.7 Å². The van der Waals surface area contributed by atoms with Crippen molar-refractivity contribution in [3.05, 3.63) is 21.5 Å². The van der Waals surface area contributed by atoms with Crippen LogP contribution in [0.4, 0.5) is 18.9 Å². The third-order valence-electron chi connectivity index (χ3n) is 2.86. The lowest BCUT2D eigenvalue weighted by Gasteiger charge is -2.04. The van der Waals surface area contributed by atoms with Crippen molar-refractivity contribution < 1.29 is 22.9 Å². The van der Waals surface area contributed by atoms with Crippen LogP contribution in [-0.2, 0) is 17.5 Å². The quantitative estimate of drug-likeness (QED) is 0.671. The number of aromatic nitrogens is 2. The van der Waals surface area contributed by atoms with Crippen LogP contribution in [0, 0.1) is 17.0 Å². The van der Waals surface area contributed by atoms with Crippen molar-refractivity contribution in [2.45, 2.75) is 38.5 Å². The fourth-order valence-electron chi connectivity index (χ4n) is 1.74. The molecule has 0 atom stereocenters. The van der Waals surface area contributed by atoms with Gasteiger partial charge in [0, 0.05) is 6.04 Å². The summed E-state index contributed by atoms with van der Waals surface area (Å²) < 4.78 is 38.7. The number of carbonyl (C=O) groups is 1. The van der Waals surface area contributed by atoms with Gasteiger partial charge in [0.2, 0.25) is 11.6 Å². The molecule has 1 saturated carbocycles. The molecule has 1 N–H and O–H groups in total. The molecular weight excluding hydrogens is 281 g/mol. The Bertz CT molecular complexity index is 563. The van der Waals surface area contributed by atoms with E-state index < -0.39 is 34.9 Å². The molecule has 1 aliphatic carbocycles. The number of hydrogen-bond acceptors (Lipinski definition) is 4. The maximum absolute atomic E-state index is 12.7. The third-order valence-corrected chi connectivity index (χ3v) is 2.86. The summed E-state index contributed by atoms with van der Waals surface area (Å²) >= 11 is 0. The van der Waals surface area contributed by atoms with E-state index in [1.54, 1.807) is 0 Å². The van der Waals surface area contributed by atoms with E-state index in [1.165, 1.54) is 0 Å². The number of hydrogen-bond donors (Lipinski definition) is 1. The number of nitro groups is 1. The monoisotopic (exact) mass is 292 g/mol. The van der Waals surface area contributed by atoms with Crippen LogP contribution in [0.25, 0.3) is 0 Å². The molecule has 1 amide bonds. The lowest BCUT2D eigenvalue weighted by atomic mass is 10.3. The van der Waals surface area contributed by atoms with Crippen LogP contribution in [0.5, 0.6) is 0 Å². The first-order valence-corrected chi connectivity index (χ1v) is 5.78. The average molecular weight is 292 g/mol. The van der Waals surface area contributed by atoms with Gasteiger partial charge in [-0.3, -0.25) is 19.6 Å². The fourth-order valence-corrected chi connectivity index (χ4v) is 1.74. The molecule has 10 heteroatoms. The molecule has 7 nitrogen and oxygen atoms in total. The van der Waals surface area contributed by atoms with Gasteiger partial charge in [0.05, 0.1) is 4.92 Å². The van der Waals surface area contributed by atoms with Crippen molar-refractivity contribution in [2.75, 3.05) is 0 Å². The number of amides is 1. The highest BCUT2D eigenvalue weighted by atomic mass is 19.4. The van der Waals surface area contributed by atoms with Crippen molar-refractivity contribution >= 4 is 11.6 Å². The molecule has 0 spiro atoms. The van der Waals surface area contributed by atoms with Crippen molar-refractivity contribution in [2.24, 2.45) is 0 Å². The van der Waals surface area contributed by atoms with Crippen LogP contribution in [0.1, 0.15) is 24.2 Å². The first kappa shape index (κ1) is 14.3. The Morgan fingerprint density at radius 3 is 2.55 bits per heavy atom. The van der Waals surface area contributed by atoms with Gasteiger partial charge >= 0.3 is 11.9 Å². The zero-order valence-electron chi connectivity index (χ0n) is 10.4. The summed E-state index contributed by atoms with van der Waals surface area (Å²) in [5.74, 6) is -0.512. The second-order valence-corrected chi connectivity index (χ2v) is 4.54. The number of alkyl halides is 3. The van der Waals surface area contributed by atoms with Crippen molar-refractivity contribution in [1.29, 1.82) is 0 Å². The van der Waals surface area contributed by atoms with Gasteiger partial charge in [0.25, 0.3) is 0 Å². The Morgan fingerprint density at radius 1 is 1.55 bits per heavy atom. The van der Waals surface area contributed by atoms with Crippen molar-refractivity contribution in [1.82, 2.24) is 15.1 Å². The second kappa shape index (κ2) is 4.76. The van der Waals surface area contributed by atoms with E-state index in [0.29, 0.717) is 4.68 Å². The summed E-state index contributed by atoms with van der Waals surface area (Å²) in [6, 6.07) is 0.0513. The maximum Gasteiger partial charge on any atom is 0.442 e. The Balaban J connectivity index is 2.29. The second-order valence-electron chi connectivity index (χ2n) is 4.54. The maximum atomic E-state index is 12.7. The normalized spacial score (nSPS) is 15.2. The van der Waals surface area contributed by atoms with E-state index in [9.17, 15) is 28.1 Å². The molecule has 2 rings (SSSR count). The molecule has 1 aliphatic rings. The van der Waals surface area contributed by atoms with Crippen LogP contribution in [0.15, 0.2) is 0 Å². The number of nitrogens with one attached hydrogen (secondary N) is 1. The van der Waals surface area contributed by atoms with Gasteiger partial charge < -0.3 is 5.32 Å². The summed E-state index contributed by atoms with van der Waals surface area (Å²) in [6.07, 6.45) is -3.28. The summed E-state index contributed by atoms with van der Waals surface area (Å²) in [4.78, 5) is 21.1. The molecule has 0 saturated heterocycles. The van der Waals surface area contributed by atoms with E-state index >= 15 is 0 Å². The van der Waals surface area contributed by atoms with E-state index in [4.69, 9.17) is 0 Å². The van der Waals surface area contributed by atoms with E-state index in [2.05, 4.69) is 10.4 Å². The highest BCUT2D eigenvalue weighted by molar-refractivity contribution is 5.76. The molecule has 110 valence electrons. The van der Waals surface area contributed by atoms with Gasteiger partial charge in [-0.05, 0) is 19.8 Å². The van der Waals surface area contributed by atoms with E-state index in [0.717, 1.165) is 19.8 Å². The molecule has 0 aromatic carbocycles. The topological polar surface area (TPSA) is 90.1 Å². The molecular formula is C10H11F3N4O3. The van der Waals surface area contributed by atoms with Crippen LogP contribution in [0.3, 0.4) is 0 Å². The Labute approximate surface area is 110 Å². The highest BCUT2D eigenvalue weighted by Crippen LogP contribution is 2.36. The zero-order chi connectivity index (χ0) is 15.1. The Kier molecular flexibility index (Phi) is 3.40. The van der Waals surface area contributed by atoms with Gasteiger partial charge in [-0.25, -0.2) is 0 Å². The van der Waals surface area contributed by atoms with Gasteiger partial charge in [0.15, 0.2) is 0 Å². The molecule has 1 aromatic heterocycles. The average Bonchev–Trinajstić information content (AvgIpc) is 3.02. The number of halogens is 3. The zero-order valence-corrected chi connectivity index (χ0v) is 10.4. The fraction of sp³-hybridized carbons (Fsp3) is 0.600. The standard InChI is InChI=1S/C10H11F3N4O3/c1-5-8(17(19)20)9(10(11,12)13)15-16(5)4-7(18)14-6-2-3-6/h6H,2-4H2,1H3,(H,14,18). The molecule has 0 bridgehead atoms. The SMILES string of the molecule is Cc1c([N+](=O)[O-])c(C(F)(F)F)nn1CC(=O)NC1CC1. The molecule has 20 heavy (non-hydrogen) atoms. The van der Waals surface area contributed by atoms with Crippen LogP contribution < -0.4 is 5.32 Å². The Hall–Kier alpha value is -2.13. The third kappa shape index (κ3) is 2.89. The van der Waals surface area contributed by atoms with Gasteiger partial charge in [-0.15, -0.1) is 0 Å². The van der Waals surface area contributed by atoms with E-state index in [1.807, 2.05) is 0 Å². The predicted octanol–water partition coefficient (Wildman–Crippen LogP) is 1.40. The smallest absolute Gasteiger partial charge is 0.352 e. The summed E-state index contributed by atoms with van der Waals surface area (Å²) in [6.45, 7) is 0.657. The lowest BCUT2D eigenvalue weighted by molar-refractivity contribution is -0.388. The highest BCUT2D eigenvalue weighted by Gasteiger charge is 2.44. The summed E-state index contributed by atoms with van der Waals surface area (Å²) in [7, 11) is 0. The van der Waals surface area contributed by atoms with Crippen molar-refractivity contribution in [3.63, 3.8) is 0 Å². The van der Waals surface area contributed by atoms with Crippen LogP contribution >= 0.6 is 0 Å². The predicted molar refractivity (Wildman–Crippen MR) is 59.8 cm³/mol. The molecule has 1 fully saturated rings. The van der Waals surface area contributed by atoms with Crippen LogP contribution in [-0.4, -0.2) is 26.7 Å². The summed E-state index contributed by atoms with van der Waals surface area (Å²) in [5.41, 5.74) is -3.00. The number of rotatable bonds is 4. The first-order valence-electron chi connectivity index (χ1n) is 5.78. The minimum atomic E-state index is -4.94. The summed E-state index contributed by atoms with van der Waals surface area (Å²) in [5, 5.41) is 16.5. The van der Waals surface area contributed by atoms with Gasteiger partial charge in [0.1, 0.15) is 12.2 Å².